The topological polar surface area (TPSA) is 37.4 Å². The Hall–Kier alpha value is -0.870. The molecule has 0 aliphatic carbocycles. The molecule has 1 heterocycles. The largest absolute Gasteiger partial charge is 0.345 e. The Morgan fingerprint density at radius 3 is 2.54 bits per heavy atom. The molecule has 13 heavy (non-hydrogen) atoms. The number of thiophene rings is 1. The Balaban J connectivity index is 3.08. The summed E-state index contributed by atoms with van der Waals surface area (Å²) in [5, 5.41) is 1.09. The maximum Gasteiger partial charge on any atom is 0.263 e. The fourth-order valence-electron chi connectivity index (χ4n) is 0.871. The molecule has 0 atom stereocenters. The molecule has 1 aromatic heterocycles. The smallest absolute Gasteiger partial charge is 0.263 e. The van der Waals surface area contributed by atoms with Gasteiger partial charge in [-0.2, -0.15) is 0 Å². The summed E-state index contributed by atoms with van der Waals surface area (Å²) in [7, 11) is 3.25. The highest BCUT2D eigenvalue weighted by Gasteiger charge is 2.18. The van der Waals surface area contributed by atoms with Crippen molar-refractivity contribution >= 4 is 34.1 Å². The summed E-state index contributed by atoms with van der Waals surface area (Å²) in [4.78, 5) is 24.0. The van der Waals surface area contributed by atoms with E-state index in [1.165, 1.54) is 16.2 Å². The fourth-order valence-corrected chi connectivity index (χ4v) is 1.82. The van der Waals surface area contributed by atoms with Gasteiger partial charge in [0.1, 0.15) is 0 Å². The van der Waals surface area contributed by atoms with Crippen LogP contribution in [0.2, 0.25) is 0 Å². The van der Waals surface area contributed by atoms with Crippen LogP contribution in [0.15, 0.2) is 11.4 Å². The molecule has 0 bridgehead atoms. The van der Waals surface area contributed by atoms with E-state index in [1.807, 2.05) is 0 Å². The zero-order valence-electron chi connectivity index (χ0n) is 7.20. The highest BCUT2D eigenvalue weighted by Crippen LogP contribution is 2.19. The van der Waals surface area contributed by atoms with Gasteiger partial charge in [0.25, 0.3) is 11.1 Å². The predicted molar refractivity (Wildman–Crippen MR) is 52.5 cm³/mol. The van der Waals surface area contributed by atoms with E-state index >= 15 is 0 Å². The van der Waals surface area contributed by atoms with Crippen molar-refractivity contribution in [3.63, 3.8) is 0 Å². The van der Waals surface area contributed by atoms with Gasteiger partial charge in [-0.1, -0.05) is 0 Å². The van der Waals surface area contributed by atoms with E-state index in [0.29, 0.717) is 10.4 Å². The second-order valence-corrected chi connectivity index (χ2v) is 3.90. The summed E-state index contributed by atoms with van der Waals surface area (Å²) >= 11 is 6.47. The Morgan fingerprint density at radius 2 is 2.08 bits per heavy atom. The summed E-state index contributed by atoms with van der Waals surface area (Å²) in [5.74, 6) is -0.203. The minimum absolute atomic E-state index is 0.203. The summed E-state index contributed by atoms with van der Waals surface area (Å²) in [6.07, 6.45) is 0. The Bertz CT molecular complexity index is 346. The lowest BCUT2D eigenvalue weighted by molar-refractivity contribution is 0.0824. The van der Waals surface area contributed by atoms with Crippen molar-refractivity contribution in [2.75, 3.05) is 14.1 Å². The van der Waals surface area contributed by atoms with Gasteiger partial charge in [0.15, 0.2) is 0 Å². The molecule has 0 aliphatic rings. The van der Waals surface area contributed by atoms with Gasteiger partial charge in [0.2, 0.25) is 0 Å². The summed E-state index contributed by atoms with van der Waals surface area (Å²) in [6.45, 7) is 0. The standard InChI is InChI=1S/C8H8ClNO2S/c1-10(2)8(12)5-3-4-13-6(5)7(9)11/h3-4H,1-2H3. The first-order chi connectivity index (χ1) is 6.04. The van der Waals surface area contributed by atoms with E-state index in [4.69, 9.17) is 11.6 Å². The van der Waals surface area contributed by atoms with Crippen molar-refractivity contribution in [1.82, 2.24) is 4.90 Å². The maximum absolute atomic E-state index is 11.5. The van der Waals surface area contributed by atoms with Crippen LogP contribution in [-0.2, 0) is 0 Å². The lowest BCUT2D eigenvalue weighted by Crippen LogP contribution is -2.22. The Kier molecular flexibility index (Phi) is 3.06. The highest BCUT2D eigenvalue weighted by molar-refractivity contribution is 7.14. The second kappa shape index (κ2) is 3.89. The summed E-state index contributed by atoms with van der Waals surface area (Å²) < 4.78 is 0. The van der Waals surface area contributed by atoms with Gasteiger partial charge in [0.05, 0.1) is 10.4 Å². The zero-order chi connectivity index (χ0) is 10.0. The number of hydrogen-bond acceptors (Lipinski definition) is 3. The van der Waals surface area contributed by atoms with E-state index < -0.39 is 5.24 Å². The molecule has 70 valence electrons. The van der Waals surface area contributed by atoms with Crippen LogP contribution < -0.4 is 0 Å². The molecule has 1 aromatic rings. The molecule has 5 heteroatoms. The van der Waals surface area contributed by atoms with Crippen LogP contribution in [0.4, 0.5) is 0 Å². The van der Waals surface area contributed by atoms with Crippen LogP contribution in [0.5, 0.6) is 0 Å². The number of nitrogens with zero attached hydrogens (tertiary/aromatic N) is 1. The molecule has 0 aromatic carbocycles. The summed E-state index contributed by atoms with van der Waals surface area (Å²) in [6, 6.07) is 1.60. The minimum atomic E-state index is -0.583. The maximum atomic E-state index is 11.5. The fraction of sp³-hybridized carbons (Fsp3) is 0.250. The van der Waals surface area contributed by atoms with Crippen LogP contribution in [0.25, 0.3) is 0 Å². The molecule has 0 saturated heterocycles. The van der Waals surface area contributed by atoms with Crippen molar-refractivity contribution in [1.29, 1.82) is 0 Å². The third-order valence-electron chi connectivity index (χ3n) is 1.48. The van der Waals surface area contributed by atoms with Gasteiger partial charge in [-0.3, -0.25) is 9.59 Å². The number of amides is 1. The van der Waals surface area contributed by atoms with E-state index in [2.05, 4.69) is 0 Å². The molecule has 0 radical (unpaired) electrons. The summed E-state index contributed by atoms with van der Waals surface area (Å²) in [5.41, 5.74) is 0.370. The van der Waals surface area contributed by atoms with Gasteiger partial charge in [-0.05, 0) is 23.0 Å². The first kappa shape index (κ1) is 10.2. The number of carbonyl (C=O) groups excluding carboxylic acids is 2. The lowest BCUT2D eigenvalue weighted by Gasteiger charge is -2.08. The van der Waals surface area contributed by atoms with E-state index in [-0.39, 0.29) is 5.91 Å². The molecular weight excluding hydrogens is 210 g/mol. The molecular formula is C8H8ClNO2S. The molecule has 0 unspecified atom stereocenters. The van der Waals surface area contributed by atoms with Gasteiger partial charge in [-0.15, -0.1) is 11.3 Å². The Labute approximate surface area is 84.9 Å². The Morgan fingerprint density at radius 1 is 1.46 bits per heavy atom. The monoisotopic (exact) mass is 217 g/mol. The molecule has 1 amide bonds. The van der Waals surface area contributed by atoms with Crippen LogP contribution >= 0.6 is 22.9 Å². The normalized spacial score (nSPS) is 9.77. The number of carbonyl (C=O) groups is 2. The quantitative estimate of drug-likeness (QED) is 0.709. The average Bonchev–Trinajstić information content (AvgIpc) is 2.50. The van der Waals surface area contributed by atoms with Crippen molar-refractivity contribution in [2.24, 2.45) is 0 Å². The van der Waals surface area contributed by atoms with Crippen LogP contribution in [0.3, 0.4) is 0 Å². The zero-order valence-corrected chi connectivity index (χ0v) is 8.78. The predicted octanol–water partition coefficient (Wildman–Crippen LogP) is 1.83. The van der Waals surface area contributed by atoms with Crippen molar-refractivity contribution in [2.45, 2.75) is 0 Å². The average molecular weight is 218 g/mol. The molecule has 0 N–H and O–H groups in total. The molecule has 0 fully saturated rings. The highest BCUT2D eigenvalue weighted by atomic mass is 35.5. The molecule has 1 rings (SSSR count). The van der Waals surface area contributed by atoms with Gasteiger partial charge in [-0.25, -0.2) is 0 Å². The van der Waals surface area contributed by atoms with Crippen LogP contribution in [0.1, 0.15) is 20.0 Å². The number of hydrogen-bond donors (Lipinski definition) is 0. The molecule has 3 nitrogen and oxygen atoms in total. The molecule has 0 aliphatic heterocycles. The third-order valence-corrected chi connectivity index (χ3v) is 2.69. The van der Waals surface area contributed by atoms with E-state index in [0.717, 1.165) is 0 Å². The van der Waals surface area contributed by atoms with Crippen molar-refractivity contribution in [3.8, 4) is 0 Å². The number of rotatable bonds is 2. The van der Waals surface area contributed by atoms with Crippen molar-refractivity contribution in [3.05, 3.63) is 21.9 Å². The van der Waals surface area contributed by atoms with Crippen molar-refractivity contribution < 1.29 is 9.59 Å². The molecule has 0 spiro atoms. The van der Waals surface area contributed by atoms with Crippen LogP contribution in [0, 0.1) is 0 Å². The van der Waals surface area contributed by atoms with E-state index in [1.54, 1.807) is 25.5 Å². The minimum Gasteiger partial charge on any atom is -0.345 e. The van der Waals surface area contributed by atoms with Gasteiger partial charge >= 0.3 is 0 Å². The van der Waals surface area contributed by atoms with Crippen LogP contribution in [-0.4, -0.2) is 30.1 Å². The van der Waals surface area contributed by atoms with E-state index in [9.17, 15) is 9.59 Å². The second-order valence-electron chi connectivity index (χ2n) is 2.64. The number of halogens is 1. The lowest BCUT2D eigenvalue weighted by atomic mass is 10.2. The first-order valence-corrected chi connectivity index (χ1v) is 4.78. The first-order valence-electron chi connectivity index (χ1n) is 3.53. The van der Waals surface area contributed by atoms with Gasteiger partial charge < -0.3 is 4.90 Å². The van der Waals surface area contributed by atoms with Gasteiger partial charge in [0, 0.05) is 14.1 Å². The SMILES string of the molecule is CN(C)C(=O)c1ccsc1C(=O)Cl. The third kappa shape index (κ3) is 2.08. The molecule has 0 saturated carbocycles.